The van der Waals surface area contributed by atoms with Crippen molar-refractivity contribution in [2.24, 2.45) is 0 Å². The Morgan fingerprint density at radius 1 is 0.361 bits per heavy atom. The summed E-state index contributed by atoms with van der Waals surface area (Å²) in [7, 11) is 0. The van der Waals surface area contributed by atoms with Crippen LogP contribution < -0.4 is 0 Å². The van der Waals surface area contributed by atoms with Gasteiger partial charge in [0, 0.05) is 0 Å². The van der Waals surface area contributed by atoms with Gasteiger partial charge >= 0.3 is 0 Å². The van der Waals surface area contributed by atoms with Gasteiger partial charge in [-0.15, -0.1) is 0 Å². The summed E-state index contributed by atoms with van der Waals surface area (Å²) in [5.74, 6) is 0. The van der Waals surface area contributed by atoms with E-state index in [4.69, 9.17) is 11.0 Å². The lowest BCUT2D eigenvalue weighted by Crippen LogP contribution is -1.91. The fraction of sp³-hybridized carbons (Fsp3) is 0. The first-order chi connectivity index (χ1) is 21.2. The molecule has 168 valence electrons. The predicted octanol–water partition coefficient (Wildman–Crippen LogP) is 10.1. The number of hydrogen-bond acceptors (Lipinski definition) is 0. The lowest BCUT2D eigenvalue weighted by Gasteiger charge is -2.18. The Hall–Kier alpha value is -4.68. The topological polar surface area (TPSA) is 0 Å². The standard InChI is InChI=1S/C36H24/c1-2-12-26(13-3-1)35-31-17-6-8-19-33(31)36(34-20-9-7-18-32(34)35)30-16-10-15-28(24-30)29-22-21-25-11-4-5-14-27(25)23-29/h1-24H/i6D,7D,8D,9D,17D,18D,19D,20D. The Kier molecular flexibility index (Phi) is 3.32. The molecule has 0 aliphatic carbocycles. The van der Waals surface area contributed by atoms with Gasteiger partial charge in [0.05, 0.1) is 11.0 Å². The molecule has 0 heterocycles. The number of rotatable bonds is 3. The molecule has 0 amide bonds. The van der Waals surface area contributed by atoms with Crippen molar-refractivity contribution in [3.63, 3.8) is 0 Å². The van der Waals surface area contributed by atoms with E-state index in [0.717, 1.165) is 21.9 Å². The minimum absolute atomic E-state index is 0.211. The lowest BCUT2D eigenvalue weighted by molar-refractivity contribution is 1.62. The zero-order chi connectivity index (χ0) is 30.9. The van der Waals surface area contributed by atoms with Gasteiger partial charge in [-0.25, -0.2) is 0 Å². The van der Waals surface area contributed by atoms with E-state index in [2.05, 4.69) is 6.07 Å². The van der Waals surface area contributed by atoms with Crippen molar-refractivity contribution in [2.75, 3.05) is 0 Å². The van der Waals surface area contributed by atoms with Crippen LogP contribution in [0.2, 0.25) is 0 Å². The van der Waals surface area contributed by atoms with E-state index in [1.54, 1.807) is 24.3 Å². The van der Waals surface area contributed by atoms with Crippen LogP contribution in [0.4, 0.5) is 0 Å². The number of fused-ring (bicyclic) bond motifs is 3. The summed E-state index contributed by atoms with van der Waals surface area (Å²) in [6.07, 6.45) is 0. The van der Waals surface area contributed by atoms with Crippen LogP contribution >= 0.6 is 0 Å². The molecular weight excluding hydrogens is 432 g/mol. The van der Waals surface area contributed by atoms with E-state index < -0.39 is 24.2 Å². The molecule has 7 rings (SSSR count). The monoisotopic (exact) mass is 464 g/mol. The van der Waals surface area contributed by atoms with E-state index in [0.29, 0.717) is 22.3 Å². The summed E-state index contributed by atoms with van der Waals surface area (Å²) in [5, 5.41) is 3.03. The van der Waals surface area contributed by atoms with Crippen molar-refractivity contribution in [3.05, 3.63) is 145 Å². The largest absolute Gasteiger partial charge is 0.0629 e. The molecule has 0 saturated heterocycles. The highest BCUT2D eigenvalue weighted by Gasteiger charge is 2.16. The highest BCUT2D eigenvalue weighted by atomic mass is 14.2. The van der Waals surface area contributed by atoms with Crippen molar-refractivity contribution in [1.82, 2.24) is 0 Å². The number of hydrogen-bond donors (Lipinski definition) is 0. The second kappa shape index (κ2) is 8.52. The zero-order valence-corrected chi connectivity index (χ0v) is 19.2. The fourth-order valence-corrected chi connectivity index (χ4v) is 5.03. The first kappa shape index (κ1) is 14.0. The summed E-state index contributed by atoms with van der Waals surface area (Å²) < 4.78 is 70.5. The Balaban J connectivity index is 1.70. The summed E-state index contributed by atoms with van der Waals surface area (Å²) >= 11 is 0. The maximum Gasteiger partial charge on any atom is 0.0629 e. The highest BCUT2D eigenvalue weighted by Crippen LogP contribution is 2.44. The van der Waals surface area contributed by atoms with Crippen molar-refractivity contribution in [2.45, 2.75) is 0 Å². The third kappa shape index (κ3) is 3.39. The third-order valence-corrected chi connectivity index (χ3v) is 6.67. The molecule has 0 heteroatoms. The summed E-state index contributed by atoms with van der Waals surface area (Å²) in [6, 6.07) is 28.1. The smallest absolute Gasteiger partial charge is 0.0622 e. The Labute approximate surface area is 222 Å². The van der Waals surface area contributed by atoms with Gasteiger partial charge in [-0.05, 0) is 77.8 Å². The maximum absolute atomic E-state index is 9.10. The molecule has 0 bridgehead atoms. The SMILES string of the molecule is [2H]c1c([2H])c([2H])c2c(-c3cccc(-c4ccc5ccccc5c4)c3)c3c([2H])c([2H])c([2H])c([2H])c3c(-c3ccccc3)c2c1[2H]. The molecule has 36 heavy (non-hydrogen) atoms. The maximum atomic E-state index is 9.10. The van der Waals surface area contributed by atoms with Crippen LogP contribution in [0.1, 0.15) is 11.0 Å². The van der Waals surface area contributed by atoms with Gasteiger partial charge < -0.3 is 0 Å². The highest BCUT2D eigenvalue weighted by molar-refractivity contribution is 6.21. The van der Waals surface area contributed by atoms with Crippen LogP contribution in [0.15, 0.2) is 145 Å². The molecule has 0 radical (unpaired) electrons. The second-order valence-corrected chi connectivity index (χ2v) is 8.76. The Morgan fingerprint density at radius 3 is 1.53 bits per heavy atom. The van der Waals surface area contributed by atoms with E-state index in [1.165, 1.54) is 0 Å². The molecule has 0 atom stereocenters. The predicted molar refractivity (Wildman–Crippen MR) is 155 cm³/mol. The third-order valence-electron chi connectivity index (χ3n) is 6.67. The average Bonchev–Trinajstić information content (AvgIpc) is 3.06. The molecule has 7 aromatic rings. The van der Waals surface area contributed by atoms with Crippen molar-refractivity contribution < 1.29 is 11.0 Å². The van der Waals surface area contributed by atoms with Gasteiger partial charge in [-0.2, -0.15) is 0 Å². The molecule has 7 aromatic carbocycles. The Bertz CT molecular complexity index is 2230. The quantitative estimate of drug-likeness (QED) is 0.228. The van der Waals surface area contributed by atoms with Gasteiger partial charge in [0.1, 0.15) is 0 Å². The normalized spacial score (nSPS) is 14.4. The molecule has 0 N–H and O–H groups in total. The zero-order valence-electron chi connectivity index (χ0n) is 27.2. The fourth-order valence-electron chi connectivity index (χ4n) is 5.03. The van der Waals surface area contributed by atoms with Crippen molar-refractivity contribution >= 4 is 32.3 Å². The number of benzene rings is 7. The van der Waals surface area contributed by atoms with Crippen LogP contribution in [0.3, 0.4) is 0 Å². The van der Waals surface area contributed by atoms with Crippen molar-refractivity contribution in [1.29, 1.82) is 0 Å². The second-order valence-electron chi connectivity index (χ2n) is 8.76. The van der Waals surface area contributed by atoms with Crippen LogP contribution in [-0.2, 0) is 0 Å². The molecule has 0 saturated carbocycles. The molecule has 0 aliphatic heterocycles. The lowest BCUT2D eigenvalue weighted by atomic mass is 9.85. The van der Waals surface area contributed by atoms with E-state index in [1.807, 2.05) is 66.7 Å². The van der Waals surface area contributed by atoms with Crippen molar-refractivity contribution in [3.8, 4) is 33.4 Å². The van der Waals surface area contributed by atoms with Gasteiger partial charge in [-0.3, -0.25) is 0 Å². The molecular formula is C36H24. The van der Waals surface area contributed by atoms with Crippen LogP contribution in [0.25, 0.3) is 65.7 Å². The summed E-state index contributed by atoms with van der Waals surface area (Å²) in [6.45, 7) is 0. The minimum atomic E-state index is -0.409. The van der Waals surface area contributed by atoms with Gasteiger partial charge in [0.15, 0.2) is 0 Å². The molecule has 0 nitrogen and oxygen atoms in total. The molecule has 0 spiro atoms. The van der Waals surface area contributed by atoms with Crippen LogP contribution in [0.5, 0.6) is 0 Å². The van der Waals surface area contributed by atoms with Crippen LogP contribution in [-0.4, -0.2) is 0 Å². The van der Waals surface area contributed by atoms with E-state index >= 15 is 0 Å². The summed E-state index contributed by atoms with van der Waals surface area (Å²) in [5.41, 5.74) is 3.68. The minimum Gasteiger partial charge on any atom is -0.0622 e. The summed E-state index contributed by atoms with van der Waals surface area (Å²) in [4.78, 5) is 0. The average molecular weight is 465 g/mol. The van der Waals surface area contributed by atoms with E-state index in [9.17, 15) is 0 Å². The first-order valence-electron chi connectivity index (χ1n) is 15.8. The first-order valence-corrected chi connectivity index (χ1v) is 11.8. The molecule has 0 aliphatic rings. The van der Waals surface area contributed by atoms with Crippen LogP contribution in [0, 0.1) is 0 Å². The van der Waals surface area contributed by atoms with Gasteiger partial charge in [-0.1, -0.05) is 133 Å². The van der Waals surface area contributed by atoms with Gasteiger partial charge in [0.25, 0.3) is 0 Å². The molecule has 0 unspecified atom stereocenters. The van der Waals surface area contributed by atoms with E-state index in [-0.39, 0.29) is 45.7 Å². The Morgan fingerprint density at radius 2 is 0.861 bits per heavy atom. The van der Waals surface area contributed by atoms with Gasteiger partial charge in [0.2, 0.25) is 0 Å². The molecule has 0 aromatic heterocycles. The molecule has 0 fully saturated rings.